The summed E-state index contributed by atoms with van der Waals surface area (Å²) in [4.78, 5) is 0. The van der Waals surface area contributed by atoms with Crippen molar-refractivity contribution in [2.24, 2.45) is 0 Å². The van der Waals surface area contributed by atoms with Crippen LogP contribution in [-0.4, -0.2) is 0 Å². The minimum absolute atomic E-state index is 1.34. The highest BCUT2D eigenvalue weighted by molar-refractivity contribution is 6.10. The highest BCUT2D eigenvalue weighted by Gasteiger charge is 2.05. The van der Waals surface area contributed by atoms with Crippen LogP contribution in [0.2, 0.25) is 0 Å². The Bertz CT molecular complexity index is 721. The first-order chi connectivity index (χ1) is 8.16. The number of rotatable bonds is 0. The van der Waals surface area contributed by atoms with Crippen LogP contribution in [0.1, 0.15) is 16.7 Å². The fraction of sp³-hybridized carbons (Fsp3) is 0.176. The molecule has 0 saturated heterocycles. The van der Waals surface area contributed by atoms with Crippen LogP contribution in [0.25, 0.3) is 21.5 Å². The molecule has 84 valence electrons. The summed E-state index contributed by atoms with van der Waals surface area (Å²) in [5.41, 5.74) is 4.06. The first-order valence-electron chi connectivity index (χ1n) is 6.06. The van der Waals surface area contributed by atoms with Crippen molar-refractivity contribution in [2.45, 2.75) is 20.8 Å². The average Bonchev–Trinajstić information content (AvgIpc) is 2.28. The van der Waals surface area contributed by atoms with Gasteiger partial charge in [0.1, 0.15) is 0 Å². The van der Waals surface area contributed by atoms with E-state index in [0.717, 1.165) is 0 Å². The van der Waals surface area contributed by atoms with Crippen LogP contribution in [0.3, 0.4) is 0 Å². The summed E-state index contributed by atoms with van der Waals surface area (Å²) >= 11 is 0. The van der Waals surface area contributed by atoms with Gasteiger partial charge in [0.2, 0.25) is 0 Å². The normalized spacial score (nSPS) is 11.2. The van der Waals surface area contributed by atoms with Crippen LogP contribution in [0.15, 0.2) is 42.5 Å². The van der Waals surface area contributed by atoms with Crippen LogP contribution >= 0.6 is 0 Å². The Kier molecular flexibility index (Phi) is 2.19. The summed E-state index contributed by atoms with van der Waals surface area (Å²) in [5, 5.41) is 5.50. The van der Waals surface area contributed by atoms with Gasteiger partial charge in [-0.1, -0.05) is 48.0 Å². The largest absolute Gasteiger partial charge is 0.0614 e. The van der Waals surface area contributed by atoms with Gasteiger partial charge in [-0.15, -0.1) is 0 Å². The van der Waals surface area contributed by atoms with Crippen molar-refractivity contribution in [3.05, 3.63) is 59.2 Å². The summed E-state index contributed by atoms with van der Waals surface area (Å²) in [6, 6.07) is 15.5. The molecule has 0 aromatic heterocycles. The molecule has 0 heteroatoms. The van der Waals surface area contributed by atoms with Gasteiger partial charge in [-0.2, -0.15) is 0 Å². The van der Waals surface area contributed by atoms with E-state index >= 15 is 0 Å². The van der Waals surface area contributed by atoms with Gasteiger partial charge >= 0.3 is 0 Å². The molecule has 0 amide bonds. The number of fused-ring (bicyclic) bond motifs is 3. The minimum Gasteiger partial charge on any atom is -0.0614 e. The van der Waals surface area contributed by atoms with Crippen LogP contribution < -0.4 is 0 Å². The Morgan fingerprint density at radius 3 is 2.35 bits per heavy atom. The Labute approximate surface area is 102 Å². The van der Waals surface area contributed by atoms with E-state index in [2.05, 4.69) is 63.2 Å². The summed E-state index contributed by atoms with van der Waals surface area (Å²) in [6.07, 6.45) is 0. The smallest absolute Gasteiger partial charge is 0.00759 e. The quantitative estimate of drug-likeness (QED) is 0.472. The molecule has 0 bridgehead atoms. The third-order valence-corrected chi connectivity index (χ3v) is 3.54. The number of hydrogen-bond donors (Lipinski definition) is 0. The molecule has 0 aliphatic heterocycles. The lowest BCUT2D eigenvalue weighted by atomic mass is 9.95. The van der Waals surface area contributed by atoms with E-state index < -0.39 is 0 Å². The van der Waals surface area contributed by atoms with Crippen molar-refractivity contribution in [3.63, 3.8) is 0 Å². The molecule has 0 N–H and O–H groups in total. The van der Waals surface area contributed by atoms with Crippen molar-refractivity contribution < 1.29 is 0 Å². The molecule has 0 aliphatic rings. The molecule has 3 aromatic carbocycles. The molecular weight excluding hydrogens is 204 g/mol. The maximum absolute atomic E-state index is 2.30. The van der Waals surface area contributed by atoms with Crippen LogP contribution in [0, 0.1) is 20.8 Å². The van der Waals surface area contributed by atoms with E-state index in [4.69, 9.17) is 0 Å². The first kappa shape index (κ1) is 10.3. The molecule has 0 fully saturated rings. The molecule has 0 spiro atoms. The topological polar surface area (TPSA) is 0 Å². The summed E-state index contributed by atoms with van der Waals surface area (Å²) in [5.74, 6) is 0. The second-order valence-electron chi connectivity index (χ2n) is 4.92. The molecule has 0 radical (unpaired) electrons. The minimum atomic E-state index is 1.34. The molecule has 0 aliphatic carbocycles. The van der Waals surface area contributed by atoms with E-state index in [-0.39, 0.29) is 0 Å². The van der Waals surface area contributed by atoms with Gasteiger partial charge in [-0.25, -0.2) is 0 Å². The standard InChI is InChI=1S/C17H16/c1-11-9-13(3)15-8-7-14-6-4-5-12(2)17(14)16(15)10-11/h4-10H,1-3H3. The molecule has 17 heavy (non-hydrogen) atoms. The van der Waals surface area contributed by atoms with Gasteiger partial charge in [0.25, 0.3) is 0 Å². The average molecular weight is 220 g/mol. The third kappa shape index (κ3) is 1.52. The van der Waals surface area contributed by atoms with Crippen molar-refractivity contribution in [1.82, 2.24) is 0 Å². The molecule has 0 atom stereocenters. The van der Waals surface area contributed by atoms with Gasteiger partial charge < -0.3 is 0 Å². The van der Waals surface area contributed by atoms with E-state index in [1.54, 1.807) is 0 Å². The number of hydrogen-bond acceptors (Lipinski definition) is 0. The van der Waals surface area contributed by atoms with E-state index in [1.807, 2.05) is 0 Å². The van der Waals surface area contributed by atoms with Crippen molar-refractivity contribution >= 4 is 21.5 Å². The Balaban J connectivity index is 2.63. The highest BCUT2D eigenvalue weighted by atomic mass is 14.1. The zero-order valence-corrected chi connectivity index (χ0v) is 10.5. The maximum atomic E-state index is 2.30. The van der Waals surface area contributed by atoms with Gasteiger partial charge in [0.05, 0.1) is 0 Å². The Morgan fingerprint density at radius 1 is 0.706 bits per heavy atom. The zero-order chi connectivity index (χ0) is 12.0. The fourth-order valence-electron chi connectivity index (χ4n) is 2.78. The lowest BCUT2D eigenvalue weighted by molar-refractivity contribution is 1.43. The molecule has 3 aromatic rings. The first-order valence-corrected chi connectivity index (χ1v) is 6.06. The lowest BCUT2D eigenvalue weighted by Gasteiger charge is -2.10. The van der Waals surface area contributed by atoms with Crippen LogP contribution in [0.5, 0.6) is 0 Å². The van der Waals surface area contributed by atoms with E-state index in [1.165, 1.54) is 38.2 Å². The molecule has 0 heterocycles. The summed E-state index contributed by atoms with van der Waals surface area (Å²) in [7, 11) is 0. The maximum Gasteiger partial charge on any atom is -0.00759 e. The monoisotopic (exact) mass is 220 g/mol. The second-order valence-corrected chi connectivity index (χ2v) is 4.92. The summed E-state index contributed by atoms with van der Waals surface area (Å²) < 4.78 is 0. The molecule has 0 saturated carbocycles. The number of benzene rings is 3. The predicted octanol–water partition coefficient (Wildman–Crippen LogP) is 4.92. The van der Waals surface area contributed by atoms with Crippen LogP contribution in [-0.2, 0) is 0 Å². The molecule has 3 rings (SSSR count). The van der Waals surface area contributed by atoms with Gasteiger partial charge in [-0.05, 0) is 53.4 Å². The SMILES string of the molecule is Cc1cc(C)c2ccc3cccc(C)c3c2c1. The number of aryl methyl sites for hydroxylation is 3. The van der Waals surface area contributed by atoms with Crippen molar-refractivity contribution in [3.8, 4) is 0 Å². The zero-order valence-electron chi connectivity index (χ0n) is 10.5. The summed E-state index contributed by atoms with van der Waals surface area (Å²) in [6.45, 7) is 6.56. The van der Waals surface area contributed by atoms with Crippen molar-refractivity contribution in [2.75, 3.05) is 0 Å². The third-order valence-electron chi connectivity index (χ3n) is 3.54. The van der Waals surface area contributed by atoms with E-state index in [0.29, 0.717) is 0 Å². The molecule has 0 unspecified atom stereocenters. The lowest BCUT2D eigenvalue weighted by Crippen LogP contribution is -1.85. The van der Waals surface area contributed by atoms with Crippen molar-refractivity contribution in [1.29, 1.82) is 0 Å². The van der Waals surface area contributed by atoms with Crippen LogP contribution in [0.4, 0.5) is 0 Å². The van der Waals surface area contributed by atoms with Gasteiger partial charge in [-0.3, -0.25) is 0 Å². The Morgan fingerprint density at radius 2 is 1.53 bits per heavy atom. The van der Waals surface area contributed by atoms with Gasteiger partial charge in [0, 0.05) is 0 Å². The van der Waals surface area contributed by atoms with E-state index in [9.17, 15) is 0 Å². The predicted molar refractivity (Wildman–Crippen MR) is 75.7 cm³/mol. The highest BCUT2D eigenvalue weighted by Crippen LogP contribution is 2.30. The fourth-order valence-corrected chi connectivity index (χ4v) is 2.78. The molecule has 0 nitrogen and oxygen atoms in total. The second kappa shape index (κ2) is 3.59. The molecular formula is C17H16. The van der Waals surface area contributed by atoms with Gasteiger partial charge in [0.15, 0.2) is 0 Å². The Hall–Kier alpha value is -1.82.